The lowest BCUT2D eigenvalue weighted by Crippen LogP contribution is -2.55. The number of carbonyl (C=O) groups excluding carboxylic acids is 2. The number of nitro groups is 1. The number of hydrogen-bond acceptors (Lipinski definition) is 7. The van der Waals surface area contributed by atoms with Crippen LogP contribution in [-0.4, -0.2) is 72.7 Å². The zero-order valence-corrected chi connectivity index (χ0v) is 25.1. The average molecular weight is 599 g/mol. The highest BCUT2D eigenvalue weighted by Crippen LogP contribution is 2.28. The molecule has 1 aliphatic rings. The molecule has 1 aliphatic heterocycles. The maximum absolute atomic E-state index is 13.1. The lowest BCUT2D eigenvalue weighted by atomic mass is 10.1. The Morgan fingerprint density at radius 3 is 2.40 bits per heavy atom. The number of amides is 2. The topological polar surface area (TPSA) is 114 Å². The van der Waals surface area contributed by atoms with Crippen LogP contribution in [0.3, 0.4) is 0 Å². The van der Waals surface area contributed by atoms with E-state index in [1.807, 2.05) is 72.5 Å². The third-order valence-corrected chi connectivity index (χ3v) is 8.60. The van der Waals surface area contributed by atoms with E-state index in [1.165, 1.54) is 6.07 Å². The molecule has 1 unspecified atom stereocenters. The lowest BCUT2D eigenvalue weighted by molar-refractivity contribution is -0.385. The number of aryl methyl sites for hydroxylation is 1. The van der Waals surface area contributed by atoms with Crippen molar-refractivity contribution in [2.24, 2.45) is 0 Å². The normalized spacial score (nSPS) is 15.0. The lowest BCUT2D eigenvalue weighted by Gasteiger charge is -2.40. The van der Waals surface area contributed by atoms with Gasteiger partial charge in [-0.05, 0) is 44.9 Å². The van der Waals surface area contributed by atoms with Gasteiger partial charge in [0, 0.05) is 66.3 Å². The Bertz CT molecular complexity index is 1590. The second-order valence-electron chi connectivity index (χ2n) is 10.6. The quantitative estimate of drug-likeness (QED) is 0.0983. The Kier molecular flexibility index (Phi) is 9.51. The van der Waals surface area contributed by atoms with Crippen LogP contribution < -0.4 is 0 Å². The van der Waals surface area contributed by atoms with Gasteiger partial charge in [0.25, 0.3) is 11.6 Å². The summed E-state index contributed by atoms with van der Waals surface area (Å²) in [6.45, 7) is 4.83. The first-order chi connectivity index (χ1) is 20.8. The first kappa shape index (κ1) is 30.0. The van der Waals surface area contributed by atoms with Crippen LogP contribution in [0.15, 0.2) is 84.0 Å². The van der Waals surface area contributed by atoms with Gasteiger partial charge in [-0.2, -0.15) is 0 Å². The molecule has 2 amide bonds. The molecule has 0 N–H and O–H groups in total. The molecule has 5 rings (SSSR count). The van der Waals surface area contributed by atoms with Crippen LogP contribution in [-0.2, 0) is 4.79 Å². The van der Waals surface area contributed by atoms with Gasteiger partial charge in [-0.3, -0.25) is 24.3 Å². The Hall–Kier alpha value is -4.51. The van der Waals surface area contributed by atoms with Crippen molar-refractivity contribution in [3.05, 3.63) is 100 Å². The van der Waals surface area contributed by atoms with E-state index >= 15 is 0 Å². The summed E-state index contributed by atoms with van der Waals surface area (Å²) >= 11 is 1.63. The summed E-state index contributed by atoms with van der Waals surface area (Å²) in [5.74, 6) is 1.41. The molecular formula is C32H34N6O4S. The first-order valence-electron chi connectivity index (χ1n) is 14.4. The molecule has 0 bridgehead atoms. The molecule has 222 valence electrons. The highest BCUT2D eigenvalue weighted by Gasteiger charge is 2.31. The van der Waals surface area contributed by atoms with Gasteiger partial charge in [-0.15, -0.1) is 10.2 Å². The molecule has 10 nitrogen and oxygen atoms in total. The number of carbonyl (C=O) groups is 2. The summed E-state index contributed by atoms with van der Waals surface area (Å²) in [7, 11) is 0. The minimum atomic E-state index is -0.471. The van der Waals surface area contributed by atoms with E-state index in [-0.39, 0.29) is 23.5 Å². The number of unbranched alkanes of at least 4 members (excludes halogenated alkanes) is 1. The van der Waals surface area contributed by atoms with Gasteiger partial charge in [0.2, 0.25) is 5.91 Å². The Morgan fingerprint density at radius 1 is 0.977 bits per heavy atom. The van der Waals surface area contributed by atoms with Crippen molar-refractivity contribution in [3.8, 4) is 17.1 Å². The predicted octanol–water partition coefficient (Wildman–Crippen LogP) is 5.79. The molecule has 1 fully saturated rings. The molecule has 1 atom stereocenters. The van der Waals surface area contributed by atoms with Crippen LogP contribution in [0.1, 0.15) is 42.1 Å². The Morgan fingerprint density at radius 2 is 1.70 bits per heavy atom. The fourth-order valence-corrected chi connectivity index (χ4v) is 6.19. The Labute approximate surface area is 254 Å². The summed E-state index contributed by atoms with van der Waals surface area (Å²) in [5.41, 5.74) is 2.73. The fraction of sp³-hybridized carbons (Fsp3) is 0.312. The second kappa shape index (κ2) is 13.6. The largest absolute Gasteiger partial charge is 0.339 e. The van der Waals surface area contributed by atoms with Crippen molar-refractivity contribution < 1.29 is 14.5 Å². The number of nitro benzene ring substituents is 1. The number of aromatic nitrogens is 3. The molecule has 4 aromatic rings. The molecule has 0 saturated carbocycles. The van der Waals surface area contributed by atoms with Gasteiger partial charge in [0.1, 0.15) is 0 Å². The molecular weight excluding hydrogens is 564 g/mol. The fourth-order valence-electron chi connectivity index (χ4n) is 5.24. The SMILES string of the molecule is Cc1ccc(C(=O)N2CCN(C(=O)CCCCSc3nnc(-c4ccccc4)n3-c3ccccc3)CC2C)cc1[N+](=O)[O-]. The zero-order chi connectivity index (χ0) is 30.3. The maximum Gasteiger partial charge on any atom is 0.273 e. The van der Waals surface area contributed by atoms with Gasteiger partial charge in [0.15, 0.2) is 11.0 Å². The van der Waals surface area contributed by atoms with Gasteiger partial charge >= 0.3 is 0 Å². The van der Waals surface area contributed by atoms with E-state index in [0.29, 0.717) is 37.2 Å². The van der Waals surface area contributed by atoms with Crippen LogP contribution in [0.5, 0.6) is 0 Å². The van der Waals surface area contributed by atoms with Crippen molar-refractivity contribution >= 4 is 29.3 Å². The van der Waals surface area contributed by atoms with Crippen LogP contribution >= 0.6 is 11.8 Å². The van der Waals surface area contributed by atoms with Gasteiger partial charge in [-0.1, -0.05) is 66.4 Å². The smallest absolute Gasteiger partial charge is 0.273 e. The van der Waals surface area contributed by atoms with Crippen molar-refractivity contribution in [2.75, 3.05) is 25.4 Å². The van der Waals surface area contributed by atoms with E-state index in [0.717, 1.165) is 40.8 Å². The van der Waals surface area contributed by atoms with Crippen molar-refractivity contribution in [1.82, 2.24) is 24.6 Å². The summed E-state index contributed by atoms with van der Waals surface area (Å²) in [4.78, 5) is 40.5. The molecule has 11 heteroatoms. The molecule has 0 aliphatic carbocycles. The van der Waals surface area contributed by atoms with Crippen molar-refractivity contribution in [2.45, 2.75) is 44.3 Å². The molecule has 43 heavy (non-hydrogen) atoms. The number of nitrogens with zero attached hydrogens (tertiary/aromatic N) is 6. The number of piperazine rings is 1. The van der Waals surface area contributed by atoms with Crippen LogP contribution in [0.25, 0.3) is 17.1 Å². The minimum absolute atomic E-state index is 0.0672. The monoisotopic (exact) mass is 598 g/mol. The number of benzene rings is 3. The molecule has 1 aromatic heterocycles. The van der Waals surface area contributed by atoms with Crippen molar-refractivity contribution in [1.29, 1.82) is 0 Å². The standard InChI is InChI=1S/C32H34N6O4S/c1-23-16-17-26(21-28(23)38(41)42)31(40)36-19-18-35(22-24(36)2)29(39)15-9-10-20-43-32-34-33-30(25-11-5-3-6-12-25)37(32)27-13-7-4-8-14-27/h3-8,11-14,16-17,21,24H,9-10,15,18-20,22H2,1-2H3. The number of rotatable bonds is 10. The first-order valence-corrected chi connectivity index (χ1v) is 15.3. The van der Waals surface area contributed by atoms with E-state index in [9.17, 15) is 19.7 Å². The van der Waals surface area contributed by atoms with E-state index in [4.69, 9.17) is 0 Å². The Balaban J connectivity index is 1.12. The zero-order valence-electron chi connectivity index (χ0n) is 24.3. The van der Waals surface area contributed by atoms with Crippen LogP contribution in [0.4, 0.5) is 5.69 Å². The third kappa shape index (κ3) is 6.94. The predicted molar refractivity (Wildman–Crippen MR) is 166 cm³/mol. The summed E-state index contributed by atoms with van der Waals surface area (Å²) in [6.07, 6.45) is 2.03. The number of thioether (sulfide) groups is 1. The molecule has 2 heterocycles. The summed E-state index contributed by atoms with van der Waals surface area (Å²) in [5, 5.41) is 21.1. The second-order valence-corrected chi connectivity index (χ2v) is 11.7. The van der Waals surface area contributed by atoms with Gasteiger partial charge in [-0.25, -0.2) is 0 Å². The van der Waals surface area contributed by atoms with E-state index in [1.54, 1.807) is 35.7 Å². The number of hydrogen-bond donors (Lipinski definition) is 0. The maximum atomic E-state index is 13.1. The third-order valence-electron chi connectivity index (χ3n) is 7.59. The molecule has 0 spiro atoms. The van der Waals surface area contributed by atoms with E-state index < -0.39 is 4.92 Å². The molecule has 3 aromatic carbocycles. The highest BCUT2D eigenvalue weighted by molar-refractivity contribution is 7.99. The summed E-state index contributed by atoms with van der Waals surface area (Å²) < 4.78 is 2.07. The van der Waals surface area contributed by atoms with Gasteiger partial charge in [0.05, 0.1) is 4.92 Å². The highest BCUT2D eigenvalue weighted by atomic mass is 32.2. The van der Waals surface area contributed by atoms with Crippen LogP contribution in [0, 0.1) is 17.0 Å². The molecule has 1 saturated heterocycles. The minimum Gasteiger partial charge on any atom is -0.339 e. The van der Waals surface area contributed by atoms with Gasteiger partial charge < -0.3 is 9.80 Å². The average Bonchev–Trinajstić information content (AvgIpc) is 3.45. The number of para-hydroxylation sites is 1. The molecule has 0 radical (unpaired) electrons. The van der Waals surface area contributed by atoms with Crippen LogP contribution in [0.2, 0.25) is 0 Å². The summed E-state index contributed by atoms with van der Waals surface area (Å²) in [6, 6.07) is 24.4. The van der Waals surface area contributed by atoms with Crippen molar-refractivity contribution in [3.63, 3.8) is 0 Å². The van der Waals surface area contributed by atoms with E-state index in [2.05, 4.69) is 14.8 Å².